The number of morpholine rings is 1. The van der Waals surface area contributed by atoms with Gasteiger partial charge in [-0.25, -0.2) is 0 Å². The van der Waals surface area contributed by atoms with Gasteiger partial charge in [0.2, 0.25) is 0 Å². The molecule has 1 aliphatic rings. The Kier molecular flexibility index (Phi) is 4.45. The zero-order valence-corrected chi connectivity index (χ0v) is 12.4. The summed E-state index contributed by atoms with van der Waals surface area (Å²) in [7, 11) is 0. The number of nitrogens with zero attached hydrogens (tertiary/aromatic N) is 1. The van der Waals surface area contributed by atoms with Gasteiger partial charge in [-0.05, 0) is 26.3 Å². The number of carboxylic acid groups (broad SMARTS) is 1. The van der Waals surface area contributed by atoms with Gasteiger partial charge in [0.25, 0.3) is 0 Å². The van der Waals surface area contributed by atoms with Crippen LogP contribution in [-0.2, 0) is 14.9 Å². The summed E-state index contributed by atoms with van der Waals surface area (Å²) < 4.78 is 5.71. The Balaban J connectivity index is 2.20. The lowest BCUT2D eigenvalue weighted by atomic mass is 9.81. The van der Waals surface area contributed by atoms with Gasteiger partial charge < -0.3 is 9.84 Å². The molecule has 0 spiro atoms. The maximum Gasteiger partial charge on any atom is 0.315 e. The predicted octanol–water partition coefficient (Wildman–Crippen LogP) is 2.14. The van der Waals surface area contributed by atoms with E-state index in [4.69, 9.17) is 4.74 Å². The van der Waals surface area contributed by atoms with Crippen molar-refractivity contribution in [1.82, 2.24) is 4.90 Å². The van der Waals surface area contributed by atoms with Crippen molar-refractivity contribution in [3.05, 3.63) is 35.9 Å². The average Bonchev–Trinajstić information content (AvgIpc) is 2.38. The minimum absolute atomic E-state index is 0.146. The lowest BCUT2D eigenvalue weighted by Gasteiger charge is -2.39. The molecular weight excluding hydrogens is 254 g/mol. The fraction of sp³-hybridized carbons (Fsp3) is 0.562. The summed E-state index contributed by atoms with van der Waals surface area (Å²) in [5.74, 6) is -0.782. The van der Waals surface area contributed by atoms with Gasteiger partial charge in [-0.1, -0.05) is 30.3 Å². The Bertz CT molecular complexity index is 452. The zero-order valence-electron chi connectivity index (χ0n) is 12.4. The van der Waals surface area contributed by atoms with E-state index < -0.39 is 11.4 Å². The molecule has 0 radical (unpaired) electrons. The molecule has 3 atom stereocenters. The largest absolute Gasteiger partial charge is 0.481 e. The Hall–Kier alpha value is -1.39. The second-order valence-corrected chi connectivity index (χ2v) is 5.95. The van der Waals surface area contributed by atoms with Gasteiger partial charge in [-0.2, -0.15) is 0 Å². The van der Waals surface area contributed by atoms with Crippen LogP contribution in [0, 0.1) is 0 Å². The summed E-state index contributed by atoms with van der Waals surface area (Å²) in [6, 6.07) is 9.47. The smallest absolute Gasteiger partial charge is 0.315 e. The minimum Gasteiger partial charge on any atom is -0.481 e. The molecule has 1 unspecified atom stereocenters. The van der Waals surface area contributed by atoms with Crippen molar-refractivity contribution in [1.29, 1.82) is 0 Å². The highest BCUT2D eigenvalue weighted by atomic mass is 16.5. The van der Waals surface area contributed by atoms with Crippen LogP contribution in [0.25, 0.3) is 0 Å². The number of ether oxygens (including phenoxy) is 1. The zero-order chi connectivity index (χ0) is 14.8. The third-order valence-electron chi connectivity index (χ3n) is 3.92. The summed E-state index contributed by atoms with van der Waals surface area (Å²) in [6.07, 6.45) is 0.292. The van der Waals surface area contributed by atoms with Crippen LogP contribution >= 0.6 is 0 Å². The molecular formula is C16H23NO3. The maximum atomic E-state index is 11.8. The molecule has 1 aromatic rings. The molecule has 2 rings (SSSR count). The van der Waals surface area contributed by atoms with Crippen molar-refractivity contribution >= 4 is 5.97 Å². The van der Waals surface area contributed by atoms with Crippen molar-refractivity contribution < 1.29 is 14.6 Å². The van der Waals surface area contributed by atoms with E-state index in [1.165, 1.54) is 0 Å². The summed E-state index contributed by atoms with van der Waals surface area (Å²) in [6.45, 7) is 7.92. The number of benzene rings is 1. The first kappa shape index (κ1) is 15.0. The molecule has 110 valence electrons. The third kappa shape index (κ3) is 3.19. The van der Waals surface area contributed by atoms with E-state index in [9.17, 15) is 9.90 Å². The van der Waals surface area contributed by atoms with Gasteiger partial charge in [0, 0.05) is 19.6 Å². The van der Waals surface area contributed by atoms with E-state index in [1.54, 1.807) is 6.92 Å². The van der Waals surface area contributed by atoms with Crippen LogP contribution in [0.3, 0.4) is 0 Å². The SMILES string of the molecule is C[C@@H]1CN(CC(C)(C(=O)O)c2ccccc2)C[C@H](C)O1. The predicted molar refractivity (Wildman–Crippen MR) is 77.9 cm³/mol. The quantitative estimate of drug-likeness (QED) is 0.916. The van der Waals surface area contributed by atoms with Crippen LogP contribution < -0.4 is 0 Å². The fourth-order valence-corrected chi connectivity index (χ4v) is 2.95. The van der Waals surface area contributed by atoms with Crippen LogP contribution in [0.4, 0.5) is 0 Å². The summed E-state index contributed by atoms with van der Waals surface area (Å²) in [4.78, 5) is 14.0. The summed E-state index contributed by atoms with van der Waals surface area (Å²) in [5, 5.41) is 9.69. The van der Waals surface area contributed by atoms with Gasteiger partial charge in [0.1, 0.15) is 5.41 Å². The van der Waals surface area contributed by atoms with E-state index in [2.05, 4.69) is 4.90 Å². The van der Waals surface area contributed by atoms with Crippen molar-refractivity contribution in [3.8, 4) is 0 Å². The monoisotopic (exact) mass is 277 g/mol. The summed E-state index contributed by atoms with van der Waals surface area (Å²) in [5.41, 5.74) is -0.0443. The molecule has 4 heteroatoms. The molecule has 1 heterocycles. The third-order valence-corrected chi connectivity index (χ3v) is 3.92. The second-order valence-electron chi connectivity index (χ2n) is 5.95. The molecule has 1 saturated heterocycles. The van der Waals surface area contributed by atoms with Crippen LogP contribution in [0.5, 0.6) is 0 Å². The van der Waals surface area contributed by atoms with E-state index in [0.29, 0.717) is 6.54 Å². The molecule has 0 amide bonds. The average molecular weight is 277 g/mol. The molecule has 0 aromatic heterocycles. The van der Waals surface area contributed by atoms with Crippen molar-refractivity contribution in [2.24, 2.45) is 0 Å². The fourth-order valence-electron chi connectivity index (χ4n) is 2.95. The Morgan fingerprint density at radius 1 is 1.30 bits per heavy atom. The first-order valence-corrected chi connectivity index (χ1v) is 7.08. The van der Waals surface area contributed by atoms with Crippen molar-refractivity contribution in [2.45, 2.75) is 38.4 Å². The highest BCUT2D eigenvalue weighted by molar-refractivity contribution is 5.81. The molecule has 1 aromatic carbocycles. The molecule has 1 fully saturated rings. The molecule has 0 saturated carbocycles. The maximum absolute atomic E-state index is 11.8. The van der Waals surface area contributed by atoms with Crippen molar-refractivity contribution in [3.63, 3.8) is 0 Å². The topological polar surface area (TPSA) is 49.8 Å². The van der Waals surface area contributed by atoms with Gasteiger partial charge >= 0.3 is 5.97 Å². The van der Waals surface area contributed by atoms with E-state index >= 15 is 0 Å². The van der Waals surface area contributed by atoms with E-state index in [1.807, 2.05) is 44.2 Å². The Morgan fingerprint density at radius 3 is 2.35 bits per heavy atom. The first-order valence-electron chi connectivity index (χ1n) is 7.08. The number of carbonyl (C=O) groups is 1. The lowest BCUT2D eigenvalue weighted by molar-refractivity contribution is -0.145. The minimum atomic E-state index is -0.891. The van der Waals surface area contributed by atoms with E-state index in [-0.39, 0.29) is 12.2 Å². The Labute approximate surface area is 120 Å². The number of aliphatic carboxylic acids is 1. The number of carboxylic acids is 1. The summed E-state index contributed by atoms with van der Waals surface area (Å²) >= 11 is 0. The van der Waals surface area contributed by atoms with Gasteiger partial charge in [-0.15, -0.1) is 0 Å². The van der Waals surface area contributed by atoms with Gasteiger partial charge in [0.15, 0.2) is 0 Å². The number of hydrogen-bond donors (Lipinski definition) is 1. The normalized spacial score (nSPS) is 26.9. The standard InChI is InChI=1S/C16H23NO3/c1-12-9-17(10-13(2)20-12)11-16(3,15(18)19)14-7-5-4-6-8-14/h4-8,12-13H,9-11H2,1-3H3,(H,18,19)/t12-,13+,16?. The Morgan fingerprint density at radius 2 is 1.85 bits per heavy atom. The van der Waals surface area contributed by atoms with Crippen LogP contribution in [0.2, 0.25) is 0 Å². The molecule has 1 N–H and O–H groups in total. The number of rotatable bonds is 4. The van der Waals surface area contributed by atoms with Gasteiger partial charge in [0.05, 0.1) is 12.2 Å². The highest BCUT2D eigenvalue weighted by Gasteiger charge is 2.38. The first-order chi connectivity index (χ1) is 9.41. The van der Waals surface area contributed by atoms with Crippen LogP contribution in [0.1, 0.15) is 26.3 Å². The molecule has 4 nitrogen and oxygen atoms in total. The van der Waals surface area contributed by atoms with E-state index in [0.717, 1.165) is 18.7 Å². The van der Waals surface area contributed by atoms with Crippen molar-refractivity contribution in [2.75, 3.05) is 19.6 Å². The lowest BCUT2D eigenvalue weighted by Crippen LogP contribution is -2.52. The molecule has 0 aliphatic carbocycles. The van der Waals surface area contributed by atoms with Crippen LogP contribution in [-0.4, -0.2) is 47.8 Å². The van der Waals surface area contributed by atoms with Crippen LogP contribution in [0.15, 0.2) is 30.3 Å². The van der Waals surface area contributed by atoms with Gasteiger partial charge in [-0.3, -0.25) is 9.69 Å². The molecule has 20 heavy (non-hydrogen) atoms. The number of hydrogen-bond acceptors (Lipinski definition) is 3. The highest BCUT2D eigenvalue weighted by Crippen LogP contribution is 2.27. The second kappa shape index (κ2) is 5.94. The molecule has 1 aliphatic heterocycles. The molecule has 0 bridgehead atoms.